The third-order valence-corrected chi connectivity index (χ3v) is 4.02. The Balaban J connectivity index is 2.17. The minimum atomic E-state index is 0.564. The summed E-state index contributed by atoms with van der Waals surface area (Å²) < 4.78 is 5.79. The minimum absolute atomic E-state index is 0.564. The smallest absolute Gasteiger partial charge is 0.137 e. The maximum Gasteiger partial charge on any atom is 0.137 e. The number of fused-ring (bicyclic) bond motifs is 1. The van der Waals surface area contributed by atoms with E-state index in [1.807, 2.05) is 6.26 Å². The van der Waals surface area contributed by atoms with Crippen molar-refractivity contribution in [1.82, 2.24) is 0 Å². The zero-order chi connectivity index (χ0) is 14.3. The number of hydrogen-bond donors (Lipinski definition) is 0. The van der Waals surface area contributed by atoms with E-state index in [4.69, 9.17) is 4.42 Å². The van der Waals surface area contributed by atoms with Gasteiger partial charge in [-0.05, 0) is 42.0 Å². The van der Waals surface area contributed by atoms with Crippen molar-refractivity contribution in [3.8, 4) is 11.1 Å². The van der Waals surface area contributed by atoms with Crippen molar-refractivity contribution < 1.29 is 4.42 Å². The molecule has 0 radical (unpaired) electrons. The van der Waals surface area contributed by atoms with E-state index >= 15 is 0 Å². The summed E-state index contributed by atoms with van der Waals surface area (Å²) in [6.45, 7) is 8.67. The first-order chi connectivity index (χ1) is 9.58. The van der Waals surface area contributed by atoms with Crippen LogP contribution < -0.4 is 0 Å². The molecule has 1 heterocycles. The minimum Gasteiger partial charge on any atom is -0.463 e. The molecule has 1 nitrogen and oxygen atoms in total. The first-order valence-electron chi connectivity index (χ1n) is 7.15. The van der Waals surface area contributed by atoms with E-state index in [1.165, 1.54) is 33.2 Å². The van der Waals surface area contributed by atoms with Crippen molar-refractivity contribution in [3.05, 3.63) is 59.4 Å². The number of aryl methyl sites for hydroxylation is 2. The predicted molar refractivity (Wildman–Crippen MR) is 85.2 cm³/mol. The lowest BCUT2D eigenvalue weighted by molar-refractivity contribution is 0.614. The molecule has 1 aromatic heterocycles. The third-order valence-electron chi connectivity index (χ3n) is 4.02. The van der Waals surface area contributed by atoms with Crippen LogP contribution in [-0.4, -0.2) is 0 Å². The molecule has 0 bridgehead atoms. The van der Waals surface area contributed by atoms with E-state index in [9.17, 15) is 0 Å². The van der Waals surface area contributed by atoms with Crippen molar-refractivity contribution in [2.24, 2.45) is 0 Å². The quantitative estimate of drug-likeness (QED) is 0.566. The fourth-order valence-electron chi connectivity index (χ4n) is 2.71. The van der Waals surface area contributed by atoms with Gasteiger partial charge in [0, 0.05) is 10.9 Å². The molecule has 3 rings (SSSR count). The molecule has 0 spiro atoms. The van der Waals surface area contributed by atoms with Gasteiger partial charge in [-0.3, -0.25) is 0 Å². The maximum absolute atomic E-state index is 5.79. The molecule has 0 saturated heterocycles. The topological polar surface area (TPSA) is 13.1 Å². The van der Waals surface area contributed by atoms with Crippen LogP contribution in [0.1, 0.15) is 36.5 Å². The van der Waals surface area contributed by atoms with Gasteiger partial charge >= 0.3 is 0 Å². The molecule has 2 aromatic carbocycles. The van der Waals surface area contributed by atoms with Gasteiger partial charge in [0.1, 0.15) is 5.58 Å². The van der Waals surface area contributed by atoms with E-state index in [2.05, 4.69) is 64.1 Å². The van der Waals surface area contributed by atoms with Crippen LogP contribution in [-0.2, 0) is 0 Å². The Labute approximate surface area is 120 Å². The lowest BCUT2D eigenvalue weighted by Gasteiger charge is -2.07. The number of furan rings is 1. The number of benzene rings is 2. The Morgan fingerprint density at radius 3 is 2.15 bits per heavy atom. The zero-order valence-corrected chi connectivity index (χ0v) is 12.5. The summed E-state index contributed by atoms with van der Waals surface area (Å²) in [5.41, 5.74) is 7.25. The predicted octanol–water partition coefficient (Wildman–Crippen LogP) is 5.84. The molecule has 0 N–H and O–H groups in total. The van der Waals surface area contributed by atoms with Crippen molar-refractivity contribution in [2.45, 2.75) is 33.6 Å². The first kappa shape index (κ1) is 13.0. The molecule has 0 atom stereocenters. The second-order valence-corrected chi connectivity index (χ2v) is 5.83. The van der Waals surface area contributed by atoms with Crippen LogP contribution in [0.25, 0.3) is 22.1 Å². The monoisotopic (exact) mass is 264 g/mol. The van der Waals surface area contributed by atoms with E-state index in [1.54, 1.807) is 0 Å². The van der Waals surface area contributed by atoms with Crippen LogP contribution in [0.3, 0.4) is 0 Å². The lowest BCUT2D eigenvalue weighted by Crippen LogP contribution is -1.87. The second kappa shape index (κ2) is 4.82. The molecule has 0 aliphatic carbocycles. The second-order valence-electron chi connectivity index (χ2n) is 5.83. The van der Waals surface area contributed by atoms with Crippen LogP contribution in [0.5, 0.6) is 0 Å². The molecule has 0 aliphatic rings. The van der Waals surface area contributed by atoms with Gasteiger partial charge in [-0.1, -0.05) is 50.2 Å². The van der Waals surface area contributed by atoms with Gasteiger partial charge in [0.15, 0.2) is 0 Å². The average molecular weight is 264 g/mol. The average Bonchev–Trinajstić information content (AvgIpc) is 2.89. The summed E-state index contributed by atoms with van der Waals surface area (Å²) in [5, 5.41) is 1.24. The summed E-state index contributed by atoms with van der Waals surface area (Å²) in [6, 6.07) is 13.1. The van der Waals surface area contributed by atoms with Gasteiger partial charge < -0.3 is 4.42 Å². The highest BCUT2D eigenvalue weighted by Crippen LogP contribution is 2.35. The van der Waals surface area contributed by atoms with Crippen LogP contribution in [0, 0.1) is 13.8 Å². The SMILES string of the molecule is Cc1ccc(C)c2c(-c3ccc(C(C)C)cc3)coc12. The molecule has 20 heavy (non-hydrogen) atoms. The summed E-state index contributed by atoms with van der Waals surface area (Å²) in [7, 11) is 0. The molecule has 0 aliphatic heterocycles. The van der Waals surface area contributed by atoms with E-state index in [-0.39, 0.29) is 0 Å². The Hall–Kier alpha value is -2.02. The first-order valence-corrected chi connectivity index (χ1v) is 7.15. The summed E-state index contributed by atoms with van der Waals surface area (Å²) in [4.78, 5) is 0. The largest absolute Gasteiger partial charge is 0.463 e. The third kappa shape index (κ3) is 2.03. The molecule has 0 amide bonds. The Morgan fingerprint density at radius 1 is 0.850 bits per heavy atom. The van der Waals surface area contributed by atoms with Crippen molar-refractivity contribution in [2.75, 3.05) is 0 Å². The van der Waals surface area contributed by atoms with Gasteiger partial charge in [0.05, 0.1) is 6.26 Å². The molecule has 0 unspecified atom stereocenters. The number of rotatable bonds is 2. The van der Waals surface area contributed by atoms with Gasteiger partial charge in [0.2, 0.25) is 0 Å². The Bertz CT molecular complexity index is 745. The molecular formula is C19H20O. The maximum atomic E-state index is 5.79. The fourth-order valence-corrected chi connectivity index (χ4v) is 2.71. The van der Waals surface area contributed by atoms with Gasteiger partial charge in [0.25, 0.3) is 0 Å². The molecule has 0 fully saturated rings. The van der Waals surface area contributed by atoms with Crippen molar-refractivity contribution >= 4 is 11.0 Å². The van der Waals surface area contributed by atoms with E-state index in [0.29, 0.717) is 5.92 Å². The molecular weight excluding hydrogens is 244 g/mol. The highest BCUT2D eigenvalue weighted by molar-refractivity contribution is 5.97. The lowest BCUT2D eigenvalue weighted by atomic mass is 9.96. The van der Waals surface area contributed by atoms with Crippen LogP contribution in [0.15, 0.2) is 47.1 Å². The van der Waals surface area contributed by atoms with Crippen molar-refractivity contribution in [1.29, 1.82) is 0 Å². The Kier molecular flexibility index (Phi) is 3.13. The molecule has 102 valence electrons. The molecule has 0 saturated carbocycles. The fraction of sp³-hybridized carbons (Fsp3) is 0.263. The van der Waals surface area contributed by atoms with Gasteiger partial charge in [-0.15, -0.1) is 0 Å². The summed E-state index contributed by atoms with van der Waals surface area (Å²) in [5.74, 6) is 0.564. The zero-order valence-electron chi connectivity index (χ0n) is 12.5. The van der Waals surface area contributed by atoms with E-state index < -0.39 is 0 Å². The van der Waals surface area contributed by atoms with E-state index in [0.717, 1.165) is 5.58 Å². The van der Waals surface area contributed by atoms with Crippen LogP contribution in [0.2, 0.25) is 0 Å². The van der Waals surface area contributed by atoms with Gasteiger partial charge in [-0.2, -0.15) is 0 Å². The van der Waals surface area contributed by atoms with Crippen LogP contribution in [0.4, 0.5) is 0 Å². The molecule has 1 heteroatoms. The Morgan fingerprint density at radius 2 is 1.50 bits per heavy atom. The highest BCUT2D eigenvalue weighted by atomic mass is 16.3. The summed E-state index contributed by atoms with van der Waals surface area (Å²) >= 11 is 0. The molecule has 3 aromatic rings. The van der Waals surface area contributed by atoms with Gasteiger partial charge in [-0.25, -0.2) is 0 Å². The normalized spacial score (nSPS) is 11.4. The van der Waals surface area contributed by atoms with Crippen molar-refractivity contribution in [3.63, 3.8) is 0 Å². The number of hydrogen-bond acceptors (Lipinski definition) is 1. The van der Waals surface area contributed by atoms with Crippen LogP contribution >= 0.6 is 0 Å². The highest BCUT2D eigenvalue weighted by Gasteiger charge is 2.12. The summed E-state index contributed by atoms with van der Waals surface area (Å²) in [6.07, 6.45) is 1.88. The standard InChI is InChI=1S/C19H20O/c1-12(2)15-7-9-16(10-8-15)17-11-20-19-14(4)6-5-13(3)18(17)19/h5-12H,1-4H3.